The third kappa shape index (κ3) is 3.12. The number of hydrogen-bond donors (Lipinski definition) is 0. The van der Waals surface area contributed by atoms with Crippen LogP contribution in [0.4, 0.5) is 8.78 Å². The Balaban J connectivity index is 3.21. The molecule has 1 rings (SSSR count). The highest BCUT2D eigenvalue weighted by Crippen LogP contribution is 2.25. The Hall–Kier alpha value is -1.78. The van der Waals surface area contributed by atoms with Gasteiger partial charge in [0.2, 0.25) is 0 Å². The zero-order valence-corrected chi connectivity index (χ0v) is 10.2. The molecular formula is C13H14F2O3. The Bertz CT molecular complexity index is 456. The van der Waals surface area contributed by atoms with E-state index in [-0.39, 0.29) is 29.7 Å². The van der Waals surface area contributed by atoms with Crippen molar-refractivity contribution in [1.29, 1.82) is 0 Å². The zero-order chi connectivity index (χ0) is 13.7. The van der Waals surface area contributed by atoms with Crippen LogP contribution in [0.5, 0.6) is 0 Å². The van der Waals surface area contributed by atoms with Crippen molar-refractivity contribution in [3.8, 4) is 0 Å². The number of esters is 1. The summed E-state index contributed by atoms with van der Waals surface area (Å²) in [6.07, 6.45) is -2.64. The third-order valence-corrected chi connectivity index (χ3v) is 2.42. The minimum Gasteiger partial charge on any atom is -0.462 e. The Morgan fingerprint density at radius 3 is 2.44 bits per heavy atom. The van der Waals surface area contributed by atoms with E-state index >= 15 is 0 Å². The largest absolute Gasteiger partial charge is 0.462 e. The van der Waals surface area contributed by atoms with Crippen molar-refractivity contribution in [3.05, 3.63) is 34.9 Å². The molecule has 0 aliphatic rings. The van der Waals surface area contributed by atoms with Crippen LogP contribution in [0.25, 0.3) is 0 Å². The van der Waals surface area contributed by atoms with Crippen molar-refractivity contribution in [2.75, 3.05) is 6.61 Å². The minimum absolute atomic E-state index is 0.103. The van der Waals surface area contributed by atoms with Gasteiger partial charge in [-0.3, -0.25) is 4.79 Å². The SMILES string of the molecule is CCOC(=O)c1ccc(C(F)F)c(C(=O)CC)c1. The predicted octanol–water partition coefficient (Wildman–Crippen LogP) is 3.39. The second kappa shape index (κ2) is 6.23. The molecule has 1 aromatic rings. The van der Waals surface area contributed by atoms with Gasteiger partial charge in [-0.1, -0.05) is 13.0 Å². The van der Waals surface area contributed by atoms with Crippen molar-refractivity contribution >= 4 is 11.8 Å². The Labute approximate surface area is 104 Å². The maximum absolute atomic E-state index is 12.7. The first-order valence-electron chi connectivity index (χ1n) is 5.63. The maximum atomic E-state index is 12.7. The fourth-order valence-electron chi connectivity index (χ4n) is 1.52. The molecule has 18 heavy (non-hydrogen) atoms. The highest BCUT2D eigenvalue weighted by Gasteiger charge is 2.19. The molecule has 0 unspecified atom stereocenters. The van der Waals surface area contributed by atoms with Crippen LogP contribution in [-0.4, -0.2) is 18.4 Å². The van der Waals surface area contributed by atoms with Crippen LogP contribution in [0.1, 0.15) is 53.0 Å². The first-order valence-corrected chi connectivity index (χ1v) is 5.63. The molecule has 5 heteroatoms. The van der Waals surface area contributed by atoms with Crippen molar-refractivity contribution in [2.24, 2.45) is 0 Å². The number of alkyl halides is 2. The number of Topliss-reactive ketones (excluding diaryl/α,β-unsaturated/α-hetero) is 1. The lowest BCUT2D eigenvalue weighted by Crippen LogP contribution is -2.09. The van der Waals surface area contributed by atoms with Crippen molar-refractivity contribution < 1.29 is 23.1 Å². The summed E-state index contributed by atoms with van der Waals surface area (Å²) >= 11 is 0. The zero-order valence-electron chi connectivity index (χ0n) is 10.2. The lowest BCUT2D eigenvalue weighted by molar-refractivity contribution is 0.0526. The number of ether oxygens (including phenoxy) is 1. The van der Waals surface area contributed by atoms with Crippen LogP contribution < -0.4 is 0 Å². The third-order valence-electron chi connectivity index (χ3n) is 2.42. The Morgan fingerprint density at radius 1 is 1.28 bits per heavy atom. The van der Waals surface area contributed by atoms with Crippen molar-refractivity contribution in [1.82, 2.24) is 0 Å². The quantitative estimate of drug-likeness (QED) is 0.599. The highest BCUT2D eigenvalue weighted by molar-refractivity contribution is 6.00. The molecule has 0 amide bonds. The van der Waals surface area contributed by atoms with Crippen LogP contribution in [0.15, 0.2) is 18.2 Å². The number of carbonyl (C=O) groups is 2. The molecule has 0 radical (unpaired) electrons. The van der Waals surface area contributed by atoms with Gasteiger partial charge in [0.25, 0.3) is 6.43 Å². The Morgan fingerprint density at radius 2 is 1.94 bits per heavy atom. The van der Waals surface area contributed by atoms with Gasteiger partial charge in [0.05, 0.1) is 12.2 Å². The molecule has 1 aromatic carbocycles. The Kier molecular flexibility index (Phi) is 4.95. The average molecular weight is 256 g/mol. The summed E-state index contributed by atoms with van der Waals surface area (Å²) < 4.78 is 30.2. The summed E-state index contributed by atoms with van der Waals surface area (Å²) in [6.45, 7) is 3.41. The van der Waals surface area contributed by atoms with Gasteiger partial charge in [0.15, 0.2) is 5.78 Å². The monoisotopic (exact) mass is 256 g/mol. The van der Waals surface area contributed by atoms with Crippen molar-refractivity contribution in [2.45, 2.75) is 26.7 Å². The van der Waals surface area contributed by atoms with Gasteiger partial charge < -0.3 is 4.74 Å². The van der Waals surface area contributed by atoms with Gasteiger partial charge in [0.1, 0.15) is 0 Å². The number of halogens is 2. The molecule has 0 aliphatic carbocycles. The summed E-state index contributed by atoms with van der Waals surface area (Å²) in [5.74, 6) is -1.04. The second-order valence-electron chi connectivity index (χ2n) is 3.60. The number of rotatable bonds is 5. The van der Waals surface area contributed by atoms with Crippen LogP contribution in [-0.2, 0) is 4.74 Å². The molecule has 0 bridgehead atoms. The molecule has 98 valence electrons. The van der Waals surface area contributed by atoms with E-state index in [1.807, 2.05) is 0 Å². The molecule has 0 heterocycles. The number of benzene rings is 1. The predicted molar refractivity (Wildman–Crippen MR) is 62.0 cm³/mol. The van der Waals surface area contributed by atoms with E-state index in [1.165, 1.54) is 12.1 Å². The standard InChI is InChI=1S/C13H14F2O3/c1-3-11(16)10-7-8(13(17)18-4-2)5-6-9(10)12(14)15/h5-7,12H,3-4H2,1-2H3. The summed E-state index contributed by atoms with van der Waals surface area (Å²) in [5, 5.41) is 0. The molecule has 0 saturated carbocycles. The normalized spacial score (nSPS) is 10.5. The van der Waals surface area contributed by atoms with Gasteiger partial charge in [-0.2, -0.15) is 0 Å². The van der Waals surface area contributed by atoms with E-state index < -0.39 is 18.2 Å². The number of hydrogen-bond acceptors (Lipinski definition) is 3. The van der Waals surface area contributed by atoms with Gasteiger partial charge in [0, 0.05) is 17.5 Å². The molecule has 3 nitrogen and oxygen atoms in total. The van der Waals surface area contributed by atoms with Crippen LogP contribution in [0, 0.1) is 0 Å². The van der Waals surface area contributed by atoms with E-state index in [0.29, 0.717) is 0 Å². The molecular weight excluding hydrogens is 242 g/mol. The van der Waals surface area contributed by atoms with Gasteiger partial charge in [-0.05, 0) is 19.1 Å². The van der Waals surface area contributed by atoms with Crippen LogP contribution in [0.2, 0.25) is 0 Å². The van der Waals surface area contributed by atoms with Gasteiger partial charge in [-0.25, -0.2) is 13.6 Å². The summed E-state index contributed by atoms with van der Waals surface area (Å²) in [4.78, 5) is 23.1. The van der Waals surface area contributed by atoms with Crippen LogP contribution in [0.3, 0.4) is 0 Å². The average Bonchev–Trinajstić information content (AvgIpc) is 2.37. The van der Waals surface area contributed by atoms with Crippen LogP contribution >= 0.6 is 0 Å². The fourth-order valence-corrected chi connectivity index (χ4v) is 1.52. The fraction of sp³-hybridized carbons (Fsp3) is 0.385. The van der Waals surface area contributed by atoms with E-state index in [9.17, 15) is 18.4 Å². The van der Waals surface area contributed by atoms with E-state index in [0.717, 1.165) is 6.07 Å². The summed E-state index contributed by atoms with van der Waals surface area (Å²) in [6, 6.07) is 3.51. The van der Waals surface area contributed by atoms with Gasteiger partial charge >= 0.3 is 5.97 Å². The highest BCUT2D eigenvalue weighted by atomic mass is 19.3. The summed E-state index contributed by atoms with van der Waals surface area (Å²) in [7, 11) is 0. The topological polar surface area (TPSA) is 43.4 Å². The molecule has 0 fully saturated rings. The van der Waals surface area contributed by atoms with Gasteiger partial charge in [-0.15, -0.1) is 0 Å². The first kappa shape index (κ1) is 14.3. The molecule has 0 aliphatic heterocycles. The van der Waals surface area contributed by atoms with E-state index in [4.69, 9.17) is 4.74 Å². The smallest absolute Gasteiger partial charge is 0.338 e. The molecule has 0 saturated heterocycles. The maximum Gasteiger partial charge on any atom is 0.338 e. The van der Waals surface area contributed by atoms with Crippen molar-refractivity contribution in [3.63, 3.8) is 0 Å². The molecule has 0 N–H and O–H groups in total. The first-order chi connectivity index (χ1) is 8.51. The number of carbonyl (C=O) groups excluding carboxylic acids is 2. The second-order valence-corrected chi connectivity index (χ2v) is 3.60. The van der Waals surface area contributed by atoms with E-state index in [2.05, 4.69) is 0 Å². The molecule has 0 aromatic heterocycles. The number of ketones is 1. The lowest BCUT2D eigenvalue weighted by atomic mass is 9.99. The minimum atomic E-state index is -2.74. The lowest BCUT2D eigenvalue weighted by Gasteiger charge is -2.09. The molecule has 0 spiro atoms. The van der Waals surface area contributed by atoms with E-state index in [1.54, 1.807) is 13.8 Å². The molecule has 0 atom stereocenters. The summed E-state index contributed by atoms with van der Waals surface area (Å²) in [5.41, 5.74) is -0.356.